The maximum atomic E-state index is 5.21. The largest absolute Gasteiger partial charge is 0.208 e. The fraction of sp³-hybridized carbons (Fsp3) is 0. The van der Waals surface area contributed by atoms with Crippen molar-refractivity contribution in [3.8, 4) is 67.5 Å². The molecule has 0 spiro atoms. The Morgan fingerprint density at radius 2 is 0.667 bits per heavy atom. The van der Waals surface area contributed by atoms with Gasteiger partial charge in [0.25, 0.3) is 0 Å². The van der Waals surface area contributed by atoms with Gasteiger partial charge in [-0.05, 0) is 90.0 Å². The van der Waals surface area contributed by atoms with Gasteiger partial charge in [-0.25, -0.2) is 15.0 Å². The van der Waals surface area contributed by atoms with Gasteiger partial charge in [-0.2, -0.15) is 0 Å². The van der Waals surface area contributed by atoms with Gasteiger partial charge in [-0.3, -0.25) is 0 Å². The van der Waals surface area contributed by atoms with Crippen LogP contribution < -0.4 is 0 Å². The summed E-state index contributed by atoms with van der Waals surface area (Å²) >= 11 is 0. The Bertz CT molecular complexity index is 2990. The van der Waals surface area contributed by atoms with E-state index in [9.17, 15) is 0 Å². The number of hydrogen-bond acceptors (Lipinski definition) is 3. The summed E-state index contributed by atoms with van der Waals surface area (Å²) in [5.41, 5.74) is 9.79. The van der Waals surface area contributed by atoms with Gasteiger partial charge in [-0.15, -0.1) is 0 Å². The van der Waals surface area contributed by atoms with E-state index in [0.717, 1.165) is 44.3 Å². The normalized spacial score (nSPS) is 11.3. The van der Waals surface area contributed by atoms with E-state index in [1.165, 1.54) is 38.1 Å². The molecule has 0 unspecified atom stereocenters. The highest BCUT2D eigenvalue weighted by molar-refractivity contribution is 6.11. The number of fused-ring (bicyclic) bond motifs is 4. The molecule has 3 nitrogen and oxygen atoms in total. The predicted octanol–water partition coefficient (Wildman–Crippen LogP) is 13.3. The summed E-state index contributed by atoms with van der Waals surface area (Å²) in [6.45, 7) is 0. The first-order chi connectivity index (χ1) is 26.7. The quantitative estimate of drug-likeness (QED) is 0.163. The van der Waals surface area contributed by atoms with Crippen molar-refractivity contribution in [1.29, 1.82) is 0 Å². The van der Waals surface area contributed by atoms with E-state index >= 15 is 0 Å². The molecular weight excluding hydrogens is 655 g/mol. The zero-order valence-corrected chi connectivity index (χ0v) is 29.4. The van der Waals surface area contributed by atoms with Crippen molar-refractivity contribution in [3.05, 3.63) is 200 Å². The lowest BCUT2D eigenvalue weighted by molar-refractivity contribution is 1.08. The average Bonchev–Trinajstić information content (AvgIpc) is 3.26. The van der Waals surface area contributed by atoms with Crippen molar-refractivity contribution in [2.24, 2.45) is 0 Å². The van der Waals surface area contributed by atoms with Crippen molar-refractivity contribution in [2.45, 2.75) is 0 Å². The van der Waals surface area contributed by atoms with E-state index in [0.29, 0.717) is 17.5 Å². The molecule has 0 aliphatic carbocycles. The van der Waals surface area contributed by atoms with E-state index in [-0.39, 0.29) is 0 Å². The van der Waals surface area contributed by atoms with Crippen molar-refractivity contribution in [2.75, 3.05) is 0 Å². The first-order valence-electron chi connectivity index (χ1n) is 18.3. The standard InChI is InChI=1S/C51H33N3/c1-3-12-34(13-4-1)37-17-9-19-43(32-37)49-52-50(54-51(53-49)48-23-11-22-46-45-21-8-7-16-36(45)28-29-47(46)48)44-20-10-18-38(33-44)40-26-27-41-30-39(24-25-42(41)31-40)35-14-5-2-6-15-35/h1-33H. The van der Waals surface area contributed by atoms with E-state index in [1.54, 1.807) is 0 Å². The Labute approximate surface area is 313 Å². The summed E-state index contributed by atoms with van der Waals surface area (Å²) in [5, 5.41) is 7.11. The highest BCUT2D eigenvalue weighted by atomic mass is 15.0. The second kappa shape index (κ2) is 13.4. The third-order valence-electron chi connectivity index (χ3n) is 10.3. The zero-order valence-electron chi connectivity index (χ0n) is 29.4. The van der Waals surface area contributed by atoms with Crippen molar-refractivity contribution >= 4 is 32.3 Å². The Kier molecular flexibility index (Phi) is 7.81. The van der Waals surface area contributed by atoms with E-state index < -0.39 is 0 Å². The Balaban J connectivity index is 1.11. The Morgan fingerprint density at radius 3 is 1.31 bits per heavy atom. The summed E-state index contributed by atoms with van der Waals surface area (Å²) in [6.07, 6.45) is 0. The van der Waals surface area contributed by atoms with Crippen LogP contribution in [-0.2, 0) is 0 Å². The maximum absolute atomic E-state index is 5.21. The monoisotopic (exact) mass is 687 g/mol. The second-order valence-corrected chi connectivity index (χ2v) is 13.7. The van der Waals surface area contributed by atoms with E-state index in [1.807, 2.05) is 6.07 Å². The van der Waals surface area contributed by atoms with Crippen LogP contribution in [0.1, 0.15) is 0 Å². The summed E-state index contributed by atoms with van der Waals surface area (Å²) < 4.78 is 0. The minimum Gasteiger partial charge on any atom is -0.208 e. The topological polar surface area (TPSA) is 38.7 Å². The zero-order chi connectivity index (χ0) is 35.8. The molecule has 1 heterocycles. The first-order valence-corrected chi connectivity index (χ1v) is 18.3. The molecule has 0 aliphatic heterocycles. The third-order valence-corrected chi connectivity index (χ3v) is 10.3. The lowest BCUT2D eigenvalue weighted by Crippen LogP contribution is -2.01. The molecule has 10 aromatic rings. The molecule has 9 aromatic carbocycles. The molecule has 10 rings (SSSR count). The Hall–Kier alpha value is -7.23. The van der Waals surface area contributed by atoms with Gasteiger partial charge in [0.2, 0.25) is 0 Å². The molecule has 0 radical (unpaired) electrons. The molecular formula is C51H33N3. The summed E-state index contributed by atoms with van der Waals surface area (Å²) in [4.78, 5) is 15.6. The molecule has 54 heavy (non-hydrogen) atoms. The van der Waals surface area contributed by atoms with Crippen LogP contribution in [0.3, 0.4) is 0 Å². The molecule has 0 aliphatic rings. The van der Waals surface area contributed by atoms with Gasteiger partial charge in [0, 0.05) is 16.7 Å². The highest BCUT2D eigenvalue weighted by Crippen LogP contribution is 2.35. The predicted molar refractivity (Wildman–Crippen MR) is 225 cm³/mol. The number of rotatable bonds is 6. The van der Waals surface area contributed by atoms with Crippen LogP contribution in [0, 0.1) is 0 Å². The van der Waals surface area contributed by atoms with Crippen LogP contribution in [0.2, 0.25) is 0 Å². The van der Waals surface area contributed by atoms with Gasteiger partial charge in [-0.1, -0.05) is 176 Å². The molecule has 1 aromatic heterocycles. The number of hydrogen-bond donors (Lipinski definition) is 0. The molecule has 0 N–H and O–H groups in total. The van der Waals surface area contributed by atoms with Crippen molar-refractivity contribution in [1.82, 2.24) is 15.0 Å². The Morgan fingerprint density at radius 1 is 0.222 bits per heavy atom. The fourth-order valence-electron chi connectivity index (χ4n) is 7.53. The van der Waals surface area contributed by atoms with Gasteiger partial charge < -0.3 is 0 Å². The van der Waals surface area contributed by atoms with Crippen molar-refractivity contribution in [3.63, 3.8) is 0 Å². The minimum absolute atomic E-state index is 0.632. The van der Waals surface area contributed by atoms with Gasteiger partial charge in [0.1, 0.15) is 0 Å². The molecule has 0 atom stereocenters. The lowest BCUT2D eigenvalue weighted by atomic mass is 9.97. The van der Waals surface area contributed by atoms with Crippen molar-refractivity contribution < 1.29 is 0 Å². The van der Waals surface area contributed by atoms with E-state index in [4.69, 9.17) is 15.0 Å². The molecule has 0 amide bonds. The molecule has 0 saturated heterocycles. The van der Waals surface area contributed by atoms with E-state index in [2.05, 4.69) is 194 Å². The molecule has 252 valence electrons. The first kappa shape index (κ1) is 31.5. The van der Waals surface area contributed by atoms with Gasteiger partial charge in [0.05, 0.1) is 0 Å². The number of aromatic nitrogens is 3. The maximum Gasteiger partial charge on any atom is 0.164 e. The summed E-state index contributed by atoms with van der Waals surface area (Å²) in [7, 11) is 0. The van der Waals surface area contributed by atoms with Crippen LogP contribution in [0.25, 0.3) is 99.9 Å². The number of nitrogens with zero attached hydrogens (tertiary/aromatic N) is 3. The molecule has 0 saturated carbocycles. The second-order valence-electron chi connectivity index (χ2n) is 13.7. The SMILES string of the molecule is c1ccc(-c2cccc(-c3nc(-c4cccc(-c5ccc6cc(-c7ccccc7)ccc6c5)c4)nc(-c4cccc5c4ccc4ccccc45)n3)c2)cc1. The average molecular weight is 688 g/mol. The molecule has 0 bridgehead atoms. The van der Waals surface area contributed by atoms with Crippen LogP contribution in [0.15, 0.2) is 200 Å². The lowest BCUT2D eigenvalue weighted by Gasteiger charge is -2.13. The summed E-state index contributed by atoms with van der Waals surface area (Å²) in [5.74, 6) is 1.91. The van der Waals surface area contributed by atoms with Crippen LogP contribution in [0.4, 0.5) is 0 Å². The molecule has 3 heteroatoms. The van der Waals surface area contributed by atoms with Gasteiger partial charge in [0.15, 0.2) is 17.5 Å². The van der Waals surface area contributed by atoms with Crippen LogP contribution in [-0.4, -0.2) is 15.0 Å². The third kappa shape index (κ3) is 5.88. The minimum atomic E-state index is 0.632. The molecule has 0 fully saturated rings. The number of benzene rings is 9. The highest BCUT2D eigenvalue weighted by Gasteiger charge is 2.16. The van der Waals surface area contributed by atoms with Gasteiger partial charge >= 0.3 is 0 Å². The van der Waals surface area contributed by atoms with Crippen LogP contribution in [0.5, 0.6) is 0 Å². The fourth-order valence-corrected chi connectivity index (χ4v) is 7.53. The van der Waals surface area contributed by atoms with Crippen LogP contribution >= 0.6 is 0 Å². The summed E-state index contributed by atoms with van der Waals surface area (Å²) in [6, 6.07) is 70.6. The smallest absolute Gasteiger partial charge is 0.164 e.